The highest BCUT2D eigenvalue weighted by atomic mass is 79.9. The zero-order valence-electron chi connectivity index (χ0n) is 19.2. The molecule has 4 unspecified atom stereocenters. The van der Waals surface area contributed by atoms with Crippen LogP contribution in [0.2, 0.25) is 0 Å². The molecule has 1 N–H and O–H groups in total. The van der Waals surface area contributed by atoms with Gasteiger partial charge in [0.2, 0.25) is 11.8 Å². The van der Waals surface area contributed by atoms with Crippen molar-refractivity contribution in [2.75, 3.05) is 26.3 Å². The lowest BCUT2D eigenvalue weighted by Gasteiger charge is -2.39. The van der Waals surface area contributed by atoms with E-state index in [2.05, 4.69) is 29.4 Å². The molecule has 1 spiro atoms. The van der Waals surface area contributed by atoms with E-state index in [1.807, 2.05) is 11.8 Å². The molecule has 32 heavy (non-hydrogen) atoms. The summed E-state index contributed by atoms with van der Waals surface area (Å²) in [4.78, 5) is 44.2. The Bertz CT molecular complexity index is 752. The smallest absolute Gasteiger partial charge is 0.310 e. The lowest BCUT2D eigenvalue weighted by Crippen LogP contribution is -2.57. The van der Waals surface area contributed by atoms with Crippen LogP contribution in [-0.2, 0) is 19.1 Å². The number of aliphatic hydroxyl groups is 1. The number of hydrogen-bond acceptors (Lipinski definition) is 6. The fourth-order valence-electron chi connectivity index (χ4n) is 5.76. The fraction of sp³-hybridized carbons (Fsp3) is 0.783. The largest absolute Gasteiger partial charge is 0.466 e. The third kappa shape index (κ3) is 4.13. The predicted molar refractivity (Wildman–Crippen MR) is 129 cm³/mol. The minimum absolute atomic E-state index is 0.0139. The first-order valence-corrected chi connectivity index (χ1v) is 13.4. The molecule has 0 radical (unpaired) electrons. The number of ether oxygens (including phenoxy) is 1. The maximum Gasteiger partial charge on any atom is 0.310 e. The fourth-order valence-corrected chi connectivity index (χ4v) is 9.35. The molecule has 2 amide bonds. The second-order valence-corrected chi connectivity index (χ2v) is 11.7. The molecule has 0 aliphatic carbocycles. The van der Waals surface area contributed by atoms with Gasteiger partial charge in [0.05, 0.1) is 23.2 Å². The summed E-state index contributed by atoms with van der Waals surface area (Å²) in [6, 6.07) is -0.653. The third-order valence-corrected chi connectivity index (χ3v) is 10.2. The number of halogens is 1. The lowest BCUT2D eigenvalue weighted by molar-refractivity contribution is -0.153. The van der Waals surface area contributed by atoms with Gasteiger partial charge in [-0.2, -0.15) is 0 Å². The summed E-state index contributed by atoms with van der Waals surface area (Å²) in [5.74, 6) is -1.75. The average Bonchev–Trinajstić information content (AvgIpc) is 3.34. The number of amides is 2. The molecule has 3 heterocycles. The van der Waals surface area contributed by atoms with Gasteiger partial charge in [-0.05, 0) is 33.1 Å². The van der Waals surface area contributed by atoms with Crippen LogP contribution in [0.15, 0.2) is 12.7 Å². The van der Waals surface area contributed by atoms with Crippen molar-refractivity contribution in [3.63, 3.8) is 0 Å². The van der Waals surface area contributed by atoms with Gasteiger partial charge < -0.3 is 19.6 Å². The summed E-state index contributed by atoms with van der Waals surface area (Å²) >= 11 is 5.35. The minimum Gasteiger partial charge on any atom is -0.466 e. The monoisotopic (exact) mass is 530 g/mol. The molecule has 3 aliphatic rings. The normalized spacial score (nSPS) is 33.8. The topological polar surface area (TPSA) is 87.2 Å². The summed E-state index contributed by atoms with van der Waals surface area (Å²) in [6.45, 7) is 10.6. The molecule has 3 rings (SSSR count). The van der Waals surface area contributed by atoms with Gasteiger partial charge in [-0.3, -0.25) is 14.4 Å². The molecule has 0 aromatic rings. The maximum atomic E-state index is 14.1. The van der Waals surface area contributed by atoms with Gasteiger partial charge >= 0.3 is 5.97 Å². The van der Waals surface area contributed by atoms with Crippen molar-refractivity contribution in [2.24, 2.45) is 11.8 Å². The number of fused-ring (bicyclic) bond motifs is 1. The Morgan fingerprint density at radius 3 is 2.78 bits per heavy atom. The van der Waals surface area contributed by atoms with Crippen LogP contribution in [-0.4, -0.2) is 85.9 Å². The van der Waals surface area contributed by atoms with Gasteiger partial charge in [0.1, 0.15) is 6.04 Å². The third-order valence-electron chi connectivity index (χ3n) is 6.99. The second kappa shape index (κ2) is 10.5. The van der Waals surface area contributed by atoms with Crippen LogP contribution < -0.4 is 0 Å². The zero-order chi connectivity index (χ0) is 23.6. The van der Waals surface area contributed by atoms with E-state index in [4.69, 9.17) is 4.74 Å². The van der Waals surface area contributed by atoms with Crippen molar-refractivity contribution in [2.45, 2.75) is 73.4 Å². The Balaban J connectivity index is 2.04. The number of esters is 1. The molecule has 3 saturated heterocycles. The molecular weight excluding hydrogens is 496 g/mol. The Morgan fingerprint density at radius 1 is 1.47 bits per heavy atom. The van der Waals surface area contributed by atoms with E-state index in [1.165, 1.54) is 0 Å². The van der Waals surface area contributed by atoms with Gasteiger partial charge in [-0.15, -0.1) is 18.3 Å². The molecule has 9 heteroatoms. The van der Waals surface area contributed by atoms with Crippen LogP contribution in [0.25, 0.3) is 0 Å². The van der Waals surface area contributed by atoms with E-state index in [9.17, 15) is 19.5 Å². The predicted octanol–water partition coefficient (Wildman–Crippen LogP) is 2.60. The first-order valence-electron chi connectivity index (χ1n) is 11.6. The number of carbonyl (C=O) groups excluding carboxylic acids is 3. The van der Waals surface area contributed by atoms with E-state index in [0.717, 1.165) is 12.8 Å². The number of aliphatic hydroxyl groups excluding tert-OH is 1. The van der Waals surface area contributed by atoms with Gasteiger partial charge in [-0.25, -0.2) is 0 Å². The van der Waals surface area contributed by atoms with E-state index in [-0.39, 0.29) is 47.1 Å². The van der Waals surface area contributed by atoms with E-state index >= 15 is 0 Å². The van der Waals surface area contributed by atoms with Gasteiger partial charge in [-0.1, -0.05) is 35.4 Å². The minimum atomic E-state index is -0.675. The second-order valence-electron chi connectivity index (χ2n) is 8.94. The Hall–Kier alpha value is -1.06. The Kier molecular flexibility index (Phi) is 8.36. The maximum absolute atomic E-state index is 14.1. The molecule has 3 aliphatic heterocycles. The summed E-state index contributed by atoms with van der Waals surface area (Å²) in [6.07, 6.45) is 4.56. The first-order chi connectivity index (χ1) is 15.3. The molecule has 0 aromatic carbocycles. The highest BCUT2D eigenvalue weighted by molar-refractivity contribution is 9.09. The highest BCUT2D eigenvalue weighted by Crippen LogP contribution is 2.68. The number of carbonyl (C=O) groups is 3. The van der Waals surface area contributed by atoms with Crippen LogP contribution >= 0.6 is 27.7 Å². The molecule has 7 nitrogen and oxygen atoms in total. The van der Waals surface area contributed by atoms with Crippen molar-refractivity contribution >= 4 is 45.5 Å². The quantitative estimate of drug-likeness (QED) is 0.251. The summed E-state index contributed by atoms with van der Waals surface area (Å²) in [7, 11) is 0. The summed E-state index contributed by atoms with van der Waals surface area (Å²) in [5.41, 5.74) is 0. The number of alkyl halides is 1. The number of thioether (sulfide) groups is 1. The number of likely N-dealkylation sites (tertiary alicyclic amines) is 1. The van der Waals surface area contributed by atoms with E-state index in [0.29, 0.717) is 25.9 Å². The molecular formula is C23H35BrN2O5S. The van der Waals surface area contributed by atoms with Crippen LogP contribution in [0.1, 0.15) is 46.5 Å². The van der Waals surface area contributed by atoms with Crippen molar-refractivity contribution in [1.29, 1.82) is 0 Å². The van der Waals surface area contributed by atoms with Crippen molar-refractivity contribution in [3.05, 3.63) is 12.7 Å². The molecule has 2 bridgehead atoms. The lowest BCUT2D eigenvalue weighted by atomic mass is 9.71. The first kappa shape index (κ1) is 25.6. The number of rotatable bonds is 11. The summed E-state index contributed by atoms with van der Waals surface area (Å²) < 4.78 is 4.68. The average molecular weight is 532 g/mol. The van der Waals surface area contributed by atoms with E-state index in [1.54, 1.807) is 29.7 Å². The molecule has 0 saturated carbocycles. The standard InChI is InChI=1S/C23H35BrN2O5S/c1-5-9-14(4)25(10-6-2)21(29)19-23-13-15(24)18(32-23)16(22(30)31-7-3)17(23)20(28)26(19)11-8-12-27/h6,14-19,27H,2,5,7-13H2,1,3-4H3/t14?,15?,16-,17-,18-,19?,23?/m0/s1. The van der Waals surface area contributed by atoms with Crippen molar-refractivity contribution in [1.82, 2.24) is 9.80 Å². The summed E-state index contributed by atoms with van der Waals surface area (Å²) in [5, 5.41) is 9.34. The molecule has 7 atom stereocenters. The van der Waals surface area contributed by atoms with Crippen LogP contribution in [0, 0.1) is 11.8 Å². The van der Waals surface area contributed by atoms with Gasteiger partial charge in [0.25, 0.3) is 0 Å². The Labute approximate surface area is 203 Å². The number of nitrogens with zero attached hydrogens (tertiary/aromatic N) is 2. The SMILES string of the molecule is C=CCN(C(=O)C1N(CCCO)C(=O)[C@@H]2[C@H](C(=O)OCC)[C@H]3SC12CC3Br)C(C)CCC. The molecule has 3 fully saturated rings. The van der Waals surface area contributed by atoms with Crippen molar-refractivity contribution in [3.8, 4) is 0 Å². The molecule has 180 valence electrons. The van der Waals surface area contributed by atoms with Crippen molar-refractivity contribution < 1.29 is 24.2 Å². The van der Waals surface area contributed by atoms with Gasteiger partial charge in [0, 0.05) is 35.8 Å². The van der Waals surface area contributed by atoms with E-state index < -0.39 is 22.6 Å². The van der Waals surface area contributed by atoms with Crippen LogP contribution in [0.3, 0.4) is 0 Å². The Morgan fingerprint density at radius 2 is 2.19 bits per heavy atom. The van der Waals surface area contributed by atoms with Gasteiger partial charge in [0.15, 0.2) is 0 Å². The molecule has 0 aromatic heterocycles. The van der Waals surface area contributed by atoms with Crippen LogP contribution in [0.5, 0.6) is 0 Å². The highest BCUT2D eigenvalue weighted by Gasteiger charge is 2.76. The van der Waals surface area contributed by atoms with Crippen LogP contribution in [0.4, 0.5) is 0 Å². The zero-order valence-corrected chi connectivity index (χ0v) is 21.6. The number of hydrogen-bond donors (Lipinski definition) is 1.